The van der Waals surface area contributed by atoms with Crippen LogP contribution in [0, 0.1) is 5.82 Å². The van der Waals surface area contributed by atoms with Gasteiger partial charge >= 0.3 is 0 Å². The average Bonchev–Trinajstić information content (AvgIpc) is 2.79. The molecule has 2 aliphatic carbocycles. The highest BCUT2D eigenvalue weighted by Gasteiger charge is 2.35. The van der Waals surface area contributed by atoms with E-state index in [4.69, 9.17) is 4.43 Å². The maximum Gasteiger partial charge on any atom is 0.250 e. The first-order valence-electron chi connectivity index (χ1n) is 12.0. The smallest absolute Gasteiger partial charge is 0.250 e. The first kappa shape index (κ1) is 22.8. The first-order chi connectivity index (χ1) is 14.9. The Morgan fingerprint density at radius 1 is 0.871 bits per heavy atom. The normalized spacial score (nSPS) is 16.0. The van der Waals surface area contributed by atoms with Crippen molar-refractivity contribution in [2.24, 2.45) is 0 Å². The molecule has 0 saturated carbocycles. The summed E-state index contributed by atoms with van der Waals surface area (Å²) in [5.74, 6) is 0.381. The lowest BCUT2D eigenvalue weighted by molar-refractivity contribution is 0.466. The van der Waals surface area contributed by atoms with Gasteiger partial charge in [-0.1, -0.05) is 20.8 Å². The molecule has 2 aromatic rings. The average molecular weight is 506 g/mol. The highest BCUT2D eigenvalue weighted by atomic mass is 79.9. The summed E-state index contributed by atoms with van der Waals surface area (Å²) >= 11 is 3.59. The summed E-state index contributed by atoms with van der Waals surface area (Å²) in [6.07, 6.45) is 8.19. The van der Waals surface area contributed by atoms with E-state index in [2.05, 4.69) is 42.8 Å². The third-order valence-electron chi connectivity index (χ3n) is 7.64. The molecule has 0 unspecified atom stereocenters. The van der Waals surface area contributed by atoms with Crippen molar-refractivity contribution in [2.45, 2.75) is 90.3 Å². The number of phenolic OH excluding ortho intramolecular Hbond substituents is 1. The molecular weight excluding hydrogens is 471 g/mol. The Morgan fingerprint density at radius 3 is 1.97 bits per heavy atom. The van der Waals surface area contributed by atoms with E-state index in [-0.39, 0.29) is 11.6 Å². The van der Waals surface area contributed by atoms with Crippen LogP contribution in [0.3, 0.4) is 0 Å². The second-order valence-electron chi connectivity index (χ2n) is 9.18. The predicted molar refractivity (Wildman–Crippen MR) is 132 cm³/mol. The molecule has 0 radical (unpaired) electrons. The van der Waals surface area contributed by atoms with Gasteiger partial charge in [0.25, 0.3) is 8.32 Å². The van der Waals surface area contributed by atoms with Gasteiger partial charge in [-0.15, -0.1) is 0 Å². The summed E-state index contributed by atoms with van der Waals surface area (Å²) < 4.78 is 23.2. The Bertz CT molecular complexity index is 976. The number of aromatic hydroxyl groups is 1. The molecule has 0 bridgehead atoms. The van der Waals surface area contributed by atoms with Gasteiger partial charge in [-0.25, -0.2) is 4.39 Å². The monoisotopic (exact) mass is 504 g/mol. The molecule has 2 aromatic carbocycles. The van der Waals surface area contributed by atoms with Crippen molar-refractivity contribution in [2.75, 3.05) is 0 Å². The molecular formula is C26H34BrFO2Si. The zero-order valence-electron chi connectivity index (χ0n) is 19.0. The van der Waals surface area contributed by atoms with Crippen molar-refractivity contribution in [1.29, 1.82) is 0 Å². The number of halogens is 2. The van der Waals surface area contributed by atoms with Gasteiger partial charge in [0.15, 0.2) is 5.82 Å². The zero-order chi connectivity index (χ0) is 22.2. The number of benzene rings is 2. The van der Waals surface area contributed by atoms with Crippen molar-refractivity contribution < 1.29 is 13.9 Å². The number of hydrogen-bond acceptors (Lipinski definition) is 2. The van der Waals surface area contributed by atoms with Gasteiger partial charge in [0.2, 0.25) is 0 Å². The quantitative estimate of drug-likeness (QED) is 0.402. The van der Waals surface area contributed by atoms with Crippen LogP contribution in [0.2, 0.25) is 18.1 Å². The SMILES string of the molecule is CC[Si](CC)(CC)Oc1c(F)cc2c(c1-c1c(O)c(Br)cc3c1CCCC3)CCCC2. The molecule has 31 heavy (non-hydrogen) atoms. The fourth-order valence-corrected chi connectivity index (χ4v) is 8.56. The van der Waals surface area contributed by atoms with Crippen LogP contribution in [0.5, 0.6) is 11.5 Å². The van der Waals surface area contributed by atoms with E-state index in [1.807, 2.05) is 0 Å². The van der Waals surface area contributed by atoms with E-state index in [9.17, 15) is 5.11 Å². The van der Waals surface area contributed by atoms with E-state index in [1.165, 1.54) is 16.7 Å². The molecule has 0 spiro atoms. The van der Waals surface area contributed by atoms with E-state index < -0.39 is 8.32 Å². The molecule has 0 aromatic heterocycles. The van der Waals surface area contributed by atoms with E-state index in [1.54, 1.807) is 6.07 Å². The van der Waals surface area contributed by atoms with Crippen molar-refractivity contribution in [3.05, 3.63) is 44.7 Å². The Hall–Kier alpha value is -1.33. The van der Waals surface area contributed by atoms with Crippen molar-refractivity contribution in [3.8, 4) is 22.6 Å². The van der Waals surface area contributed by atoms with Crippen LogP contribution in [0.4, 0.5) is 4.39 Å². The molecule has 0 fully saturated rings. The first-order valence-corrected chi connectivity index (χ1v) is 15.3. The number of aryl methyl sites for hydroxylation is 2. The minimum atomic E-state index is -2.10. The van der Waals surface area contributed by atoms with Crippen LogP contribution in [-0.4, -0.2) is 13.4 Å². The van der Waals surface area contributed by atoms with Gasteiger partial charge in [-0.05, 0) is 120 Å². The molecule has 2 nitrogen and oxygen atoms in total. The Balaban J connectivity index is 2.04. The summed E-state index contributed by atoms with van der Waals surface area (Å²) in [5.41, 5.74) is 6.41. The molecule has 2 aliphatic rings. The van der Waals surface area contributed by atoms with Crippen LogP contribution in [0.15, 0.2) is 16.6 Å². The Kier molecular flexibility index (Phi) is 6.83. The van der Waals surface area contributed by atoms with Crippen LogP contribution in [0.1, 0.15) is 68.7 Å². The number of fused-ring (bicyclic) bond motifs is 2. The predicted octanol–water partition coefficient (Wildman–Crippen LogP) is 8.10. The molecule has 0 aliphatic heterocycles. The number of phenols is 1. The zero-order valence-corrected chi connectivity index (χ0v) is 21.6. The van der Waals surface area contributed by atoms with Gasteiger partial charge < -0.3 is 9.53 Å². The second kappa shape index (κ2) is 9.26. The van der Waals surface area contributed by atoms with Crippen LogP contribution in [0.25, 0.3) is 11.1 Å². The molecule has 1 N–H and O–H groups in total. The molecule has 0 atom stereocenters. The molecule has 4 rings (SSSR count). The minimum Gasteiger partial charge on any atom is -0.541 e. The maximum absolute atomic E-state index is 15.7. The van der Waals surface area contributed by atoms with E-state index in [0.717, 1.165) is 86.2 Å². The highest BCUT2D eigenvalue weighted by molar-refractivity contribution is 9.10. The fourth-order valence-electron chi connectivity index (χ4n) is 5.52. The van der Waals surface area contributed by atoms with Crippen LogP contribution in [-0.2, 0) is 25.7 Å². The summed E-state index contributed by atoms with van der Waals surface area (Å²) in [6, 6.07) is 6.65. The maximum atomic E-state index is 15.7. The molecule has 5 heteroatoms. The van der Waals surface area contributed by atoms with Crippen LogP contribution < -0.4 is 4.43 Å². The lowest BCUT2D eigenvalue weighted by atomic mass is 9.80. The van der Waals surface area contributed by atoms with Crippen molar-refractivity contribution in [1.82, 2.24) is 0 Å². The molecule has 0 amide bonds. The van der Waals surface area contributed by atoms with Gasteiger partial charge in [-0.3, -0.25) is 0 Å². The minimum absolute atomic E-state index is 0.237. The third-order valence-corrected chi connectivity index (χ3v) is 12.7. The van der Waals surface area contributed by atoms with Gasteiger partial charge in [0, 0.05) is 11.1 Å². The third kappa shape index (κ3) is 4.08. The summed E-state index contributed by atoms with van der Waals surface area (Å²) in [5, 5.41) is 11.3. The highest BCUT2D eigenvalue weighted by Crippen LogP contribution is 2.50. The van der Waals surface area contributed by atoms with Crippen LogP contribution >= 0.6 is 15.9 Å². The molecule has 168 valence electrons. The molecule has 0 heterocycles. The standard InChI is InChI=1S/C26H34BrFO2Si/c1-4-31(5-2,6-3)30-26-22(28)16-18-12-8-10-14-20(18)24(26)23-19-13-9-7-11-17(19)15-21(27)25(23)29/h15-16,29H,4-14H2,1-3H3. The summed E-state index contributed by atoms with van der Waals surface area (Å²) in [7, 11) is -2.10. The molecule has 0 saturated heterocycles. The topological polar surface area (TPSA) is 29.5 Å². The summed E-state index contributed by atoms with van der Waals surface area (Å²) in [4.78, 5) is 0. The van der Waals surface area contributed by atoms with Crippen molar-refractivity contribution in [3.63, 3.8) is 0 Å². The number of rotatable bonds is 6. The number of hydrogen-bond donors (Lipinski definition) is 1. The largest absolute Gasteiger partial charge is 0.541 e. The van der Waals surface area contributed by atoms with E-state index in [0.29, 0.717) is 10.2 Å². The Morgan fingerprint density at radius 2 is 1.39 bits per heavy atom. The van der Waals surface area contributed by atoms with E-state index >= 15 is 4.39 Å². The lowest BCUT2D eigenvalue weighted by Crippen LogP contribution is -2.40. The fraction of sp³-hybridized carbons (Fsp3) is 0.538. The second-order valence-corrected chi connectivity index (χ2v) is 14.7. The van der Waals surface area contributed by atoms with Gasteiger partial charge in [-0.2, -0.15) is 0 Å². The van der Waals surface area contributed by atoms with Gasteiger partial charge in [0.05, 0.1) is 4.47 Å². The van der Waals surface area contributed by atoms with Gasteiger partial charge in [0.1, 0.15) is 11.5 Å². The van der Waals surface area contributed by atoms with Crippen molar-refractivity contribution >= 4 is 24.2 Å². The lowest BCUT2D eigenvalue weighted by Gasteiger charge is -2.33. The summed E-state index contributed by atoms with van der Waals surface area (Å²) in [6.45, 7) is 6.52. The Labute approximate surface area is 195 Å².